The van der Waals surface area contributed by atoms with E-state index in [1.807, 2.05) is 25.1 Å². The number of fused-ring (bicyclic) bond motifs is 1. The van der Waals surface area contributed by atoms with Gasteiger partial charge in [-0.3, -0.25) is 4.79 Å². The largest absolute Gasteiger partial charge is 0.356 e. The topological polar surface area (TPSA) is 75.4 Å². The quantitative estimate of drug-likeness (QED) is 0.767. The van der Waals surface area contributed by atoms with Gasteiger partial charge < -0.3 is 10.2 Å². The van der Waals surface area contributed by atoms with E-state index < -0.39 is 0 Å². The Morgan fingerprint density at radius 1 is 1.35 bits per heavy atom. The maximum absolute atomic E-state index is 12.7. The summed E-state index contributed by atoms with van der Waals surface area (Å²) in [6.07, 6.45) is 3.29. The van der Waals surface area contributed by atoms with E-state index >= 15 is 0 Å². The van der Waals surface area contributed by atoms with Crippen LogP contribution in [0, 0.1) is 12.8 Å². The summed E-state index contributed by atoms with van der Waals surface area (Å²) in [5.74, 6) is 1.41. The molecule has 0 radical (unpaired) electrons. The average molecular weight is 371 g/mol. The van der Waals surface area contributed by atoms with Gasteiger partial charge in [0.1, 0.15) is 12.1 Å². The molecule has 26 heavy (non-hydrogen) atoms. The molecular weight excluding hydrogens is 352 g/mol. The van der Waals surface area contributed by atoms with Gasteiger partial charge in [-0.05, 0) is 38.0 Å². The number of carbonyl (C=O) groups excluding carboxylic acids is 1. The van der Waals surface area contributed by atoms with Crippen molar-refractivity contribution >= 4 is 34.8 Å². The van der Waals surface area contributed by atoms with Crippen molar-refractivity contribution in [1.29, 1.82) is 0 Å². The van der Waals surface area contributed by atoms with Gasteiger partial charge >= 0.3 is 0 Å². The molecule has 1 aliphatic heterocycles. The molecule has 1 atom stereocenters. The fourth-order valence-corrected chi connectivity index (χ4v) is 3.54. The Hall–Kier alpha value is -2.67. The molecule has 8 heteroatoms. The van der Waals surface area contributed by atoms with Crippen molar-refractivity contribution in [3.05, 3.63) is 47.4 Å². The second kappa shape index (κ2) is 6.92. The highest BCUT2D eigenvalue weighted by atomic mass is 35.5. The van der Waals surface area contributed by atoms with Crippen LogP contribution in [-0.2, 0) is 4.79 Å². The number of rotatable bonds is 3. The summed E-state index contributed by atoms with van der Waals surface area (Å²) in [7, 11) is 0. The molecule has 134 valence electrons. The van der Waals surface area contributed by atoms with Crippen molar-refractivity contribution in [2.45, 2.75) is 19.8 Å². The number of piperidine rings is 1. The fraction of sp³-hybridized carbons (Fsp3) is 0.333. The van der Waals surface area contributed by atoms with Crippen LogP contribution in [-0.4, -0.2) is 38.6 Å². The summed E-state index contributed by atoms with van der Waals surface area (Å²) >= 11 is 6.00. The van der Waals surface area contributed by atoms with E-state index in [9.17, 15) is 4.79 Å². The maximum atomic E-state index is 12.7. The lowest BCUT2D eigenvalue weighted by Crippen LogP contribution is -2.41. The third-order valence-electron chi connectivity index (χ3n) is 4.57. The monoisotopic (exact) mass is 370 g/mol. The molecule has 3 aromatic rings. The molecule has 7 nitrogen and oxygen atoms in total. The summed E-state index contributed by atoms with van der Waals surface area (Å²) in [6, 6.07) is 9.20. The number of nitrogens with one attached hydrogen (secondary N) is 1. The first-order chi connectivity index (χ1) is 12.6. The van der Waals surface area contributed by atoms with E-state index in [1.54, 1.807) is 16.6 Å². The SMILES string of the molecule is Cc1cc(N2CCC[C@@H](C(=O)Nc3cccc(Cl)c3)C2)n2ncnc2n1. The van der Waals surface area contributed by atoms with Crippen LogP contribution in [0.25, 0.3) is 5.78 Å². The molecule has 0 spiro atoms. The molecule has 4 rings (SSSR count). The lowest BCUT2D eigenvalue weighted by Gasteiger charge is -2.33. The Morgan fingerprint density at radius 2 is 2.23 bits per heavy atom. The minimum absolute atomic E-state index is 0.0116. The van der Waals surface area contributed by atoms with Crippen molar-refractivity contribution in [1.82, 2.24) is 19.6 Å². The minimum atomic E-state index is -0.102. The number of carbonyl (C=O) groups is 1. The van der Waals surface area contributed by atoms with Crippen molar-refractivity contribution < 1.29 is 4.79 Å². The second-order valence-electron chi connectivity index (χ2n) is 6.51. The Labute approximate surface area is 156 Å². The zero-order valence-corrected chi connectivity index (χ0v) is 15.1. The van der Waals surface area contributed by atoms with Gasteiger partial charge in [0.25, 0.3) is 5.78 Å². The highest BCUT2D eigenvalue weighted by Crippen LogP contribution is 2.25. The number of benzene rings is 1. The molecule has 2 aromatic heterocycles. The number of hydrogen-bond acceptors (Lipinski definition) is 5. The van der Waals surface area contributed by atoms with Gasteiger partial charge in [0.2, 0.25) is 5.91 Å². The van der Waals surface area contributed by atoms with Crippen LogP contribution in [0.2, 0.25) is 5.02 Å². The van der Waals surface area contributed by atoms with Crippen LogP contribution >= 0.6 is 11.6 Å². The number of aryl methyl sites for hydroxylation is 1. The number of nitrogens with zero attached hydrogens (tertiary/aromatic N) is 5. The maximum Gasteiger partial charge on any atom is 0.254 e. The highest BCUT2D eigenvalue weighted by Gasteiger charge is 2.27. The Balaban J connectivity index is 1.53. The predicted molar refractivity (Wildman–Crippen MR) is 101 cm³/mol. The van der Waals surface area contributed by atoms with E-state index in [0.717, 1.165) is 36.6 Å². The van der Waals surface area contributed by atoms with Crippen LogP contribution in [0.1, 0.15) is 18.5 Å². The van der Waals surface area contributed by atoms with Crippen molar-refractivity contribution in [3.8, 4) is 0 Å². The Bertz CT molecular complexity index is 956. The van der Waals surface area contributed by atoms with Crippen molar-refractivity contribution in [2.75, 3.05) is 23.3 Å². The first-order valence-corrected chi connectivity index (χ1v) is 8.97. The first kappa shape index (κ1) is 16.8. The highest BCUT2D eigenvalue weighted by molar-refractivity contribution is 6.30. The average Bonchev–Trinajstić information content (AvgIpc) is 3.09. The van der Waals surface area contributed by atoms with Crippen LogP contribution in [0.3, 0.4) is 0 Å². The molecule has 3 heterocycles. The van der Waals surface area contributed by atoms with Crippen LogP contribution in [0.15, 0.2) is 36.7 Å². The van der Waals surface area contributed by atoms with E-state index in [0.29, 0.717) is 17.3 Å². The Kier molecular flexibility index (Phi) is 4.46. The zero-order chi connectivity index (χ0) is 18.1. The van der Waals surface area contributed by atoms with Crippen LogP contribution in [0.5, 0.6) is 0 Å². The molecule has 1 aliphatic rings. The van der Waals surface area contributed by atoms with Crippen molar-refractivity contribution in [2.24, 2.45) is 5.92 Å². The Morgan fingerprint density at radius 3 is 3.08 bits per heavy atom. The van der Waals surface area contributed by atoms with Crippen LogP contribution < -0.4 is 10.2 Å². The van der Waals surface area contributed by atoms with Crippen molar-refractivity contribution in [3.63, 3.8) is 0 Å². The fourth-order valence-electron chi connectivity index (χ4n) is 3.35. The molecule has 1 N–H and O–H groups in total. The number of hydrogen-bond donors (Lipinski definition) is 1. The lowest BCUT2D eigenvalue weighted by molar-refractivity contribution is -0.120. The molecule has 1 aromatic carbocycles. The van der Waals surface area contributed by atoms with Gasteiger partial charge in [-0.2, -0.15) is 14.6 Å². The van der Waals surface area contributed by atoms with E-state index in [-0.39, 0.29) is 11.8 Å². The molecule has 1 saturated heterocycles. The zero-order valence-electron chi connectivity index (χ0n) is 14.4. The second-order valence-corrected chi connectivity index (χ2v) is 6.95. The molecule has 1 amide bonds. The van der Waals surface area contributed by atoms with Gasteiger partial charge in [0.05, 0.1) is 5.92 Å². The number of halogens is 1. The van der Waals surface area contributed by atoms with E-state index in [1.165, 1.54) is 6.33 Å². The van der Waals surface area contributed by atoms with Gasteiger partial charge in [-0.1, -0.05) is 17.7 Å². The lowest BCUT2D eigenvalue weighted by atomic mass is 9.97. The predicted octanol–water partition coefficient (Wildman–Crippen LogP) is 2.94. The number of anilines is 2. The van der Waals surface area contributed by atoms with Gasteiger partial charge in [-0.15, -0.1) is 0 Å². The summed E-state index contributed by atoms with van der Waals surface area (Å²) < 4.78 is 1.73. The summed E-state index contributed by atoms with van der Waals surface area (Å²) in [5, 5.41) is 7.84. The molecule has 0 bridgehead atoms. The molecule has 0 saturated carbocycles. The number of aromatic nitrogens is 4. The first-order valence-electron chi connectivity index (χ1n) is 8.59. The third-order valence-corrected chi connectivity index (χ3v) is 4.80. The third kappa shape index (κ3) is 3.35. The smallest absolute Gasteiger partial charge is 0.254 e. The van der Waals surface area contributed by atoms with Gasteiger partial charge in [-0.25, -0.2) is 4.98 Å². The molecule has 0 unspecified atom stereocenters. The molecule has 1 fully saturated rings. The minimum Gasteiger partial charge on any atom is -0.356 e. The van der Waals surface area contributed by atoms with Gasteiger partial charge in [0.15, 0.2) is 0 Å². The molecule has 0 aliphatic carbocycles. The summed E-state index contributed by atoms with van der Waals surface area (Å²) in [6.45, 7) is 3.44. The normalized spacial score (nSPS) is 17.5. The standard InChI is InChI=1S/C18H19ClN6O/c1-12-8-16(25-18(22-12)20-11-21-25)24-7-3-4-13(10-24)17(26)23-15-6-2-5-14(19)9-15/h2,5-6,8-9,11,13H,3-4,7,10H2,1H3,(H,23,26)/t13-/m1/s1. The van der Waals surface area contributed by atoms with Gasteiger partial charge in [0, 0.05) is 35.6 Å². The van der Waals surface area contributed by atoms with Crippen LogP contribution in [0.4, 0.5) is 11.5 Å². The summed E-state index contributed by atoms with van der Waals surface area (Å²) in [4.78, 5) is 23.4. The van der Waals surface area contributed by atoms with E-state index in [4.69, 9.17) is 11.6 Å². The number of amides is 1. The summed E-state index contributed by atoms with van der Waals surface area (Å²) in [5.41, 5.74) is 1.60. The van der Waals surface area contributed by atoms with E-state index in [2.05, 4.69) is 25.3 Å². The molecular formula is C18H19ClN6O.